The molecule has 0 aliphatic carbocycles. The van der Waals surface area contributed by atoms with Gasteiger partial charge in [0, 0.05) is 49.8 Å². The highest BCUT2D eigenvalue weighted by Crippen LogP contribution is 2.25. The van der Waals surface area contributed by atoms with Crippen molar-refractivity contribution >= 4 is 17.5 Å². The van der Waals surface area contributed by atoms with Gasteiger partial charge in [-0.25, -0.2) is 0 Å². The molecule has 0 bridgehead atoms. The summed E-state index contributed by atoms with van der Waals surface area (Å²) in [6.07, 6.45) is 4.01. The summed E-state index contributed by atoms with van der Waals surface area (Å²) in [5.41, 5.74) is 9.37. The Labute approximate surface area is 159 Å². The van der Waals surface area contributed by atoms with Crippen LogP contribution in [0.15, 0.2) is 42.7 Å². The van der Waals surface area contributed by atoms with Gasteiger partial charge in [0.15, 0.2) is 0 Å². The molecule has 2 atom stereocenters. The van der Waals surface area contributed by atoms with Crippen molar-refractivity contribution in [1.29, 1.82) is 0 Å². The quantitative estimate of drug-likeness (QED) is 0.739. The van der Waals surface area contributed by atoms with Gasteiger partial charge in [0.05, 0.1) is 0 Å². The minimum absolute atomic E-state index is 0.168. The van der Waals surface area contributed by atoms with Crippen molar-refractivity contribution in [3.05, 3.63) is 59.4 Å². The van der Waals surface area contributed by atoms with Crippen molar-refractivity contribution in [3.8, 4) is 0 Å². The molecule has 2 heterocycles. The maximum Gasteiger partial charge on any atom is 0.254 e. The molecule has 2 aromatic rings. The van der Waals surface area contributed by atoms with Gasteiger partial charge in [-0.3, -0.25) is 14.6 Å². The van der Waals surface area contributed by atoms with E-state index in [1.54, 1.807) is 30.4 Å². The summed E-state index contributed by atoms with van der Waals surface area (Å²) < 4.78 is 0. The molecular weight excluding hydrogens is 342 g/mol. The Bertz CT molecular complexity index is 824. The number of likely N-dealkylation sites (N-methyl/N-ethyl adjacent to an activating group) is 1. The number of carbonyl (C=O) groups is 2. The van der Waals surface area contributed by atoms with Crippen LogP contribution in [0.1, 0.15) is 27.9 Å². The average molecular weight is 367 g/mol. The van der Waals surface area contributed by atoms with Crippen molar-refractivity contribution in [1.82, 2.24) is 15.2 Å². The van der Waals surface area contributed by atoms with Crippen molar-refractivity contribution in [2.24, 2.45) is 5.73 Å². The van der Waals surface area contributed by atoms with E-state index in [1.807, 2.05) is 31.2 Å². The van der Waals surface area contributed by atoms with E-state index in [0.29, 0.717) is 25.1 Å². The van der Waals surface area contributed by atoms with Crippen molar-refractivity contribution in [2.75, 3.05) is 18.9 Å². The van der Waals surface area contributed by atoms with Crippen LogP contribution in [0.5, 0.6) is 0 Å². The number of rotatable bonds is 5. The third-order valence-electron chi connectivity index (χ3n) is 4.91. The number of nitrogens with two attached hydrogens (primary N) is 1. The van der Waals surface area contributed by atoms with Gasteiger partial charge < -0.3 is 21.3 Å². The maximum atomic E-state index is 13.1. The Morgan fingerprint density at radius 1 is 1.30 bits per heavy atom. The van der Waals surface area contributed by atoms with Crippen LogP contribution in [0.2, 0.25) is 0 Å². The van der Waals surface area contributed by atoms with E-state index in [1.165, 1.54) is 0 Å². The molecule has 27 heavy (non-hydrogen) atoms. The summed E-state index contributed by atoms with van der Waals surface area (Å²) >= 11 is 0. The number of aromatic nitrogens is 1. The van der Waals surface area contributed by atoms with Gasteiger partial charge >= 0.3 is 0 Å². The monoisotopic (exact) mass is 367 g/mol. The zero-order valence-corrected chi connectivity index (χ0v) is 15.6. The first-order valence-corrected chi connectivity index (χ1v) is 9.01. The Morgan fingerprint density at radius 3 is 2.81 bits per heavy atom. The molecule has 7 heteroatoms. The second-order valence-corrected chi connectivity index (χ2v) is 6.78. The van der Waals surface area contributed by atoms with Crippen molar-refractivity contribution in [3.63, 3.8) is 0 Å². The van der Waals surface area contributed by atoms with E-state index in [0.717, 1.165) is 16.8 Å². The molecular formula is C20H25N5O2. The molecule has 3 rings (SSSR count). The Morgan fingerprint density at radius 2 is 2.11 bits per heavy atom. The lowest BCUT2D eigenvalue weighted by atomic mass is 10.0. The second-order valence-electron chi connectivity index (χ2n) is 6.78. The minimum atomic E-state index is -0.524. The first kappa shape index (κ1) is 18.8. The zero-order chi connectivity index (χ0) is 19.4. The molecule has 0 saturated carbocycles. The van der Waals surface area contributed by atoms with Crippen molar-refractivity contribution < 1.29 is 9.59 Å². The van der Waals surface area contributed by atoms with Gasteiger partial charge in [-0.1, -0.05) is 12.1 Å². The van der Waals surface area contributed by atoms with E-state index in [9.17, 15) is 9.59 Å². The summed E-state index contributed by atoms with van der Waals surface area (Å²) in [7, 11) is 1.57. The molecule has 1 aromatic carbocycles. The molecule has 0 radical (unpaired) electrons. The Kier molecular flexibility index (Phi) is 5.71. The molecule has 4 N–H and O–H groups in total. The smallest absolute Gasteiger partial charge is 0.254 e. The van der Waals surface area contributed by atoms with Gasteiger partial charge in [-0.05, 0) is 42.7 Å². The van der Waals surface area contributed by atoms with Gasteiger partial charge in [0.1, 0.15) is 6.04 Å². The molecule has 2 amide bonds. The van der Waals surface area contributed by atoms with E-state index in [2.05, 4.69) is 15.6 Å². The second kappa shape index (κ2) is 8.18. The SMILES string of the molecule is CNC(=O)[C@@H]1C[C@@H](N)CN1C(=O)c1cccc(NCc2cccnc2)c1C. The highest BCUT2D eigenvalue weighted by Gasteiger charge is 2.38. The Hall–Kier alpha value is -2.93. The lowest BCUT2D eigenvalue weighted by Gasteiger charge is -2.24. The van der Waals surface area contributed by atoms with Crippen LogP contribution in [0.3, 0.4) is 0 Å². The zero-order valence-electron chi connectivity index (χ0n) is 15.6. The van der Waals surface area contributed by atoms with Crippen LogP contribution in [-0.2, 0) is 11.3 Å². The summed E-state index contributed by atoms with van der Waals surface area (Å²) in [4.78, 5) is 30.9. The summed E-state index contributed by atoms with van der Waals surface area (Å²) in [6, 6.07) is 8.74. The normalized spacial score (nSPS) is 19.0. The van der Waals surface area contributed by atoms with Crippen LogP contribution in [0.25, 0.3) is 0 Å². The molecule has 0 spiro atoms. The van der Waals surface area contributed by atoms with E-state index in [4.69, 9.17) is 5.73 Å². The molecule has 1 aromatic heterocycles. The molecule has 1 saturated heterocycles. The van der Waals surface area contributed by atoms with Crippen LogP contribution >= 0.6 is 0 Å². The van der Waals surface area contributed by atoms with E-state index >= 15 is 0 Å². The average Bonchev–Trinajstić information content (AvgIpc) is 3.08. The topological polar surface area (TPSA) is 100 Å². The largest absolute Gasteiger partial charge is 0.381 e. The number of nitrogens with zero attached hydrogens (tertiary/aromatic N) is 2. The lowest BCUT2D eigenvalue weighted by Crippen LogP contribution is -2.45. The standard InChI is InChI=1S/C20H25N5O2/c1-13-16(20(27)25-12-15(21)9-18(25)19(26)22-2)6-3-7-17(13)24-11-14-5-4-8-23-10-14/h3-8,10,15,18,24H,9,11-12,21H2,1-2H3,(H,22,26)/t15-,18+/m1/s1. The molecule has 1 fully saturated rings. The van der Waals surface area contributed by atoms with Gasteiger partial charge in [0.2, 0.25) is 5.91 Å². The number of hydrogen-bond donors (Lipinski definition) is 3. The fourth-order valence-electron chi connectivity index (χ4n) is 3.42. The number of pyridine rings is 1. The first-order chi connectivity index (χ1) is 13.0. The predicted molar refractivity (Wildman–Crippen MR) is 104 cm³/mol. The predicted octanol–water partition coefficient (Wildman–Crippen LogP) is 1.29. The van der Waals surface area contributed by atoms with Crippen LogP contribution in [-0.4, -0.2) is 47.4 Å². The minimum Gasteiger partial charge on any atom is -0.381 e. The van der Waals surface area contributed by atoms with Gasteiger partial charge in [-0.15, -0.1) is 0 Å². The van der Waals surface area contributed by atoms with Crippen LogP contribution in [0.4, 0.5) is 5.69 Å². The molecule has 142 valence electrons. The Balaban J connectivity index is 1.80. The highest BCUT2D eigenvalue weighted by atomic mass is 16.2. The number of hydrogen-bond acceptors (Lipinski definition) is 5. The number of nitrogens with one attached hydrogen (secondary N) is 2. The first-order valence-electron chi connectivity index (χ1n) is 9.01. The summed E-state index contributed by atoms with van der Waals surface area (Å²) in [5, 5.41) is 5.98. The van der Waals surface area contributed by atoms with Crippen molar-refractivity contribution in [2.45, 2.75) is 32.0 Å². The fourth-order valence-corrected chi connectivity index (χ4v) is 3.42. The van der Waals surface area contributed by atoms with Crippen LogP contribution < -0.4 is 16.4 Å². The molecule has 1 aliphatic rings. The van der Waals surface area contributed by atoms with E-state index in [-0.39, 0.29) is 17.9 Å². The number of benzene rings is 1. The summed E-state index contributed by atoms with van der Waals surface area (Å²) in [5.74, 6) is -0.348. The number of likely N-dealkylation sites (tertiary alicyclic amines) is 1. The van der Waals surface area contributed by atoms with Gasteiger partial charge in [0.25, 0.3) is 5.91 Å². The highest BCUT2D eigenvalue weighted by molar-refractivity contribution is 6.00. The number of anilines is 1. The van der Waals surface area contributed by atoms with Crippen LogP contribution in [0, 0.1) is 6.92 Å². The van der Waals surface area contributed by atoms with Gasteiger partial charge in [-0.2, -0.15) is 0 Å². The molecule has 0 unspecified atom stereocenters. The fraction of sp³-hybridized carbons (Fsp3) is 0.350. The number of amides is 2. The maximum absolute atomic E-state index is 13.1. The lowest BCUT2D eigenvalue weighted by molar-refractivity contribution is -0.124. The third kappa shape index (κ3) is 4.09. The third-order valence-corrected chi connectivity index (χ3v) is 4.91. The number of carbonyl (C=O) groups excluding carboxylic acids is 2. The van der Waals surface area contributed by atoms with E-state index < -0.39 is 6.04 Å². The molecule has 7 nitrogen and oxygen atoms in total. The summed E-state index contributed by atoms with van der Waals surface area (Å²) in [6.45, 7) is 2.90. The molecule has 1 aliphatic heterocycles.